The molecule has 0 fully saturated rings. The minimum absolute atomic E-state index is 0.0129. The molecule has 0 bridgehead atoms. The number of nitrogens with two attached hydrogens (primary N) is 1. The fraction of sp³-hybridized carbons (Fsp3) is 0.150. The van der Waals surface area contributed by atoms with Crippen LogP contribution in [-0.4, -0.2) is 17.0 Å². The summed E-state index contributed by atoms with van der Waals surface area (Å²) in [4.78, 5) is 27.7. The summed E-state index contributed by atoms with van der Waals surface area (Å²) < 4.78 is 5.35. The molecule has 3 rings (SSSR count). The topological polar surface area (TPSA) is 94.3 Å². The van der Waals surface area contributed by atoms with Gasteiger partial charge in [0.1, 0.15) is 11.8 Å². The van der Waals surface area contributed by atoms with Crippen molar-refractivity contribution in [3.05, 3.63) is 69.9 Å². The molecule has 138 valence electrons. The summed E-state index contributed by atoms with van der Waals surface area (Å²) in [5.74, 6) is -0.542. The molecule has 0 spiro atoms. The zero-order chi connectivity index (χ0) is 19.6. The van der Waals surface area contributed by atoms with Crippen molar-refractivity contribution in [2.75, 3.05) is 5.32 Å². The monoisotopic (exact) mass is 383 g/mol. The van der Waals surface area contributed by atoms with Crippen molar-refractivity contribution in [2.45, 2.75) is 20.5 Å². The standard InChI is InChI=1S/C20H18ClN3O3/c1-11-6-7-13-8-15(18(21)24-17(13)12(11)2)10-27-19(25)14-4-3-5-16(9-14)23-20(22)26/h3-9H,10H2,1-2H3,(H3,22,23,26). The van der Waals surface area contributed by atoms with E-state index in [9.17, 15) is 9.59 Å². The molecule has 0 aliphatic carbocycles. The molecule has 3 aromatic rings. The maximum absolute atomic E-state index is 12.3. The lowest BCUT2D eigenvalue weighted by molar-refractivity contribution is 0.0472. The average molecular weight is 384 g/mol. The van der Waals surface area contributed by atoms with Crippen LogP contribution in [0.2, 0.25) is 5.15 Å². The minimum atomic E-state index is -0.708. The number of aryl methyl sites for hydroxylation is 2. The van der Waals surface area contributed by atoms with Gasteiger partial charge in [0.05, 0.1) is 11.1 Å². The average Bonchev–Trinajstić information content (AvgIpc) is 2.63. The van der Waals surface area contributed by atoms with Crippen LogP contribution in [0.1, 0.15) is 27.0 Å². The number of ether oxygens (including phenoxy) is 1. The van der Waals surface area contributed by atoms with Gasteiger partial charge in [0.2, 0.25) is 0 Å². The van der Waals surface area contributed by atoms with Gasteiger partial charge in [0.15, 0.2) is 0 Å². The highest BCUT2D eigenvalue weighted by Gasteiger charge is 2.12. The maximum Gasteiger partial charge on any atom is 0.338 e. The zero-order valence-corrected chi connectivity index (χ0v) is 15.6. The zero-order valence-electron chi connectivity index (χ0n) is 14.9. The summed E-state index contributed by atoms with van der Waals surface area (Å²) in [5, 5.41) is 3.64. The third kappa shape index (κ3) is 4.17. The van der Waals surface area contributed by atoms with Crippen LogP contribution in [0.4, 0.5) is 10.5 Å². The van der Waals surface area contributed by atoms with Crippen molar-refractivity contribution < 1.29 is 14.3 Å². The minimum Gasteiger partial charge on any atom is -0.457 e. The van der Waals surface area contributed by atoms with Gasteiger partial charge >= 0.3 is 12.0 Å². The van der Waals surface area contributed by atoms with Crippen molar-refractivity contribution in [3.63, 3.8) is 0 Å². The molecule has 6 nitrogen and oxygen atoms in total. The first kappa shape index (κ1) is 18.7. The third-order valence-corrected chi connectivity index (χ3v) is 4.59. The smallest absolute Gasteiger partial charge is 0.338 e. The number of nitrogens with one attached hydrogen (secondary N) is 1. The molecule has 0 aliphatic heterocycles. The molecule has 0 saturated heterocycles. The lowest BCUT2D eigenvalue weighted by Gasteiger charge is -2.10. The molecule has 1 aromatic heterocycles. The molecular formula is C20H18ClN3O3. The van der Waals surface area contributed by atoms with Gasteiger partial charge < -0.3 is 15.8 Å². The van der Waals surface area contributed by atoms with Gasteiger partial charge in [-0.25, -0.2) is 14.6 Å². The number of carbonyl (C=O) groups excluding carboxylic acids is 2. The van der Waals surface area contributed by atoms with Gasteiger partial charge in [0, 0.05) is 16.6 Å². The van der Waals surface area contributed by atoms with Crippen LogP contribution in [0, 0.1) is 13.8 Å². The van der Waals surface area contributed by atoms with E-state index in [1.807, 2.05) is 32.0 Å². The van der Waals surface area contributed by atoms with Crippen molar-refractivity contribution in [1.82, 2.24) is 4.98 Å². The Kier molecular flexibility index (Phi) is 5.28. The van der Waals surface area contributed by atoms with Crippen LogP contribution in [-0.2, 0) is 11.3 Å². The number of urea groups is 1. The molecule has 0 radical (unpaired) electrons. The van der Waals surface area contributed by atoms with Gasteiger partial charge in [-0.15, -0.1) is 0 Å². The first-order chi connectivity index (χ1) is 12.8. The number of hydrogen-bond acceptors (Lipinski definition) is 4. The number of hydrogen-bond donors (Lipinski definition) is 2. The first-order valence-corrected chi connectivity index (χ1v) is 8.62. The largest absolute Gasteiger partial charge is 0.457 e. The van der Waals surface area contributed by atoms with Crippen molar-refractivity contribution in [2.24, 2.45) is 5.73 Å². The van der Waals surface area contributed by atoms with Gasteiger partial charge in [-0.05, 0) is 49.2 Å². The van der Waals surface area contributed by atoms with Gasteiger partial charge in [-0.1, -0.05) is 29.8 Å². The Bertz CT molecular complexity index is 1050. The van der Waals surface area contributed by atoms with E-state index in [0.29, 0.717) is 16.4 Å². The first-order valence-electron chi connectivity index (χ1n) is 8.24. The number of anilines is 1. The Morgan fingerprint density at radius 1 is 1.19 bits per heavy atom. The molecule has 2 aromatic carbocycles. The van der Waals surface area contributed by atoms with Crippen LogP contribution in [0.25, 0.3) is 10.9 Å². The van der Waals surface area contributed by atoms with Crippen LogP contribution < -0.4 is 11.1 Å². The highest BCUT2D eigenvalue weighted by Crippen LogP contribution is 2.25. The predicted octanol–water partition coefficient (Wildman–Crippen LogP) is 4.35. The molecule has 0 atom stereocenters. The molecule has 27 heavy (non-hydrogen) atoms. The Labute approximate surface area is 161 Å². The summed E-state index contributed by atoms with van der Waals surface area (Å²) in [7, 11) is 0. The molecule has 0 saturated carbocycles. The molecule has 3 N–H and O–H groups in total. The van der Waals surface area contributed by atoms with Crippen molar-refractivity contribution in [3.8, 4) is 0 Å². The number of rotatable bonds is 4. The normalized spacial score (nSPS) is 10.6. The number of esters is 1. The number of aromatic nitrogens is 1. The Morgan fingerprint density at radius 2 is 1.96 bits per heavy atom. The number of pyridine rings is 1. The van der Waals surface area contributed by atoms with Gasteiger partial charge in [0.25, 0.3) is 0 Å². The van der Waals surface area contributed by atoms with Crippen LogP contribution in [0.5, 0.6) is 0 Å². The fourth-order valence-corrected chi connectivity index (χ4v) is 2.89. The highest BCUT2D eigenvalue weighted by atomic mass is 35.5. The molecular weight excluding hydrogens is 366 g/mol. The van der Waals surface area contributed by atoms with E-state index in [1.165, 1.54) is 6.07 Å². The van der Waals surface area contributed by atoms with Gasteiger partial charge in [-0.2, -0.15) is 0 Å². The van der Waals surface area contributed by atoms with Crippen LogP contribution in [0.3, 0.4) is 0 Å². The summed E-state index contributed by atoms with van der Waals surface area (Å²) in [6.07, 6.45) is 0. The summed E-state index contributed by atoms with van der Waals surface area (Å²) in [6, 6.07) is 11.5. The van der Waals surface area contributed by atoms with E-state index >= 15 is 0 Å². The second-order valence-electron chi connectivity index (χ2n) is 6.16. The number of fused-ring (bicyclic) bond motifs is 1. The lowest BCUT2D eigenvalue weighted by Crippen LogP contribution is -2.19. The highest BCUT2D eigenvalue weighted by molar-refractivity contribution is 6.30. The number of carbonyl (C=O) groups is 2. The summed E-state index contributed by atoms with van der Waals surface area (Å²) in [6.45, 7) is 4.00. The summed E-state index contributed by atoms with van der Waals surface area (Å²) >= 11 is 6.28. The third-order valence-electron chi connectivity index (χ3n) is 4.26. The van der Waals surface area contributed by atoms with Crippen LogP contribution in [0.15, 0.2) is 42.5 Å². The van der Waals surface area contributed by atoms with E-state index in [1.54, 1.807) is 18.2 Å². The Hall–Kier alpha value is -3.12. The van der Waals surface area contributed by atoms with Crippen molar-refractivity contribution >= 4 is 40.2 Å². The quantitative estimate of drug-likeness (QED) is 0.517. The SMILES string of the molecule is Cc1ccc2cc(COC(=O)c3cccc(NC(N)=O)c3)c(Cl)nc2c1C. The number of amides is 2. The second-order valence-corrected chi connectivity index (χ2v) is 6.52. The molecule has 2 amide bonds. The fourth-order valence-electron chi connectivity index (χ4n) is 2.70. The van der Waals surface area contributed by atoms with Gasteiger partial charge in [-0.3, -0.25) is 0 Å². The Morgan fingerprint density at radius 3 is 2.70 bits per heavy atom. The molecule has 0 aliphatic rings. The molecule has 7 heteroatoms. The Balaban J connectivity index is 1.78. The maximum atomic E-state index is 12.3. The molecule has 0 unspecified atom stereocenters. The second kappa shape index (κ2) is 7.63. The van der Waals surface area contributed by atoms with E-state index in [-0.39, 0.29) is 12.2 Å². The van der Waals surface area contributed by atoms with E-state index in [4.69, 9.17) is 22.1 Å². The molecule has 1 heterocycles. The predicted molar refractivity (Wildman–Crippen MR) is 105 cm³/mol. The lowest BCUT2D eigenvalue weighted by atomic mass is 10.0. The van der Waals surface area contributed by atoms with Crippen LogP contribution >= 0.6 is 11.6 Å². The number of primary amides is 1. The van der Waals surface area contributed by atoms with E-state index in [2.05, 4.69) is 10.3 Å². The van der Waals surface area contributed by atoms with E-state index < -0.39 is 12.0 Å². The van der Waals surface area contributed by atoms with Crippen molar-refractivity contribution in [1.29, 1.82) is 0 Å². The number of benzene rings is 2. The summed E-state index contributed by atoms with van der Waals surface area (Å²) in [5.41, 5.74) is 9.43. The van der Waals surface area contributed by atoms with E-state index in [0.717, 1.165) is 22.0 Å². The number of halogens is 1. The number of nitrogens with zero attached hydrogens (tertiary/aromatic N) is 1.